The molecule has 1 spiro atoms. The van der Waals surface area contributed by atoms with E-state index in [1.165, 1.54) is 25.3 Å². The van der Waals surface area contributed by atoms with E-state index in [0.717, 1.165) is 12.8 Å². The highest BCUT2D eigenvalue weighted by atomic mass is 35.5. The van der Waals surface area contributed by atoms with Crippen molar-refractivity contribution in [3.8, 4) is 0 Å². The molecule has 2 aliphatic heterocycles. The maximum atomic E-state index is 13.8. The number of carbonyl (C=O) groups is 2. The highest BCUT2D eigenvalue weighted by molar-refractivity contribution is 6.31. The molecule has 2 atom stereocenters. The lowest BCUT2D eigenvalue weighted by molar-refractivity contribution is -0.142. The van der Waals surface area contributed by atoms with Crippen LogP contribution in [0.3, 0.4) is 0 Å². The molecule has 2 aromatic rings. The summed E-state index contributed by atoms with van der Waals surface area (Å²) in [6.45, 7) is 0.794. The molecule has 5 rings (SSSR count). The van der Waals surface area contributed by atoms with Crippen LogP contribution in [0.25, 0.3) is 0 Å². The molecule has 0 bridgehead atoms. The molecule has 0 unspecified atom stereocenters. The summed E-state index contributed by atoms with van der Waals surface area (Å²) in [5, 5.41) is 13.2. The third-order valence-corrected chi connectivity index (χ3v) is 7.36. The highest BCUT2D eigenvalue weighted by Crippen LogP contribution is 2.55. The molecule has 1 saturated heterocycles. The normalized spacial score (nSPS) is 23.3. The average Bonchev–Trinajstić information content (AvgIpc) is 3.26. The summed E-state index contributed by atoms with van der Waals surface area (Å²) in [5.41, 5.74) is 1.10. The number of ether oxygens (including phenoxy) is 1. The van der Waals surface area contributed by atoms with Crippen molar-refractivity contribution in [3.63, 3.8) is 0 Å². The van der Waals surface area contributed by atoms with Crippen LogP contribution in [0.1, 0.15) is 36.7 Å². The van der Waals surface area contributed by atoms with Crippen LogP contribution in [0, 0.1) is 11.2 Å². The summed E-state index contributed by atoms with van der Waals surface area (Å²) in [6.07, 6.45) is 5.96. The van der Waals surface area contributed by atoms with Crippen LogP contribution < -0.4 is 5.32 Å². The smallest absolute Gasteiger partial charge is 0.338 e. The summed E-state index contributed by atoms with van der Waals surface area (Å²) in [6, 6.07) is 2.35. The topological polar surface area (TPSA) is 109 Å². The summed E-state index contributed by atoms with van der Waals surface area (Å²) in [5.74, 6) is -1.13. The van der Waals surface area contributed by atoms with Crippen molar-refractivity contribution in [2.45, 2.75) is 31.3 Å². The van der Waals surface area contributed by atoms with Crippen molar-refractivity contribution in [1.82, 2.24) is 19.8 Å². The number of nitrogens with zero attached hydrogens (tertiary/aromatic N) is 4. The molecular weight excluding hydrogens is 477 g/mol. The number of imidazole rings is 1. The predicted octanol–water partition coefficient (Wildman–Crippen LogP) is 2.67. The molecule has 3 heterocycles. The first-order valence-corrected chi connectivity index (χ1v) is 11.6. The first kappa shape index (κ1) is 23.5. The van der Waals surface area contributed by atoms with E-state index in [-0.39, 0.29) is 22.6 Å². The van der Waals surface area contributed by atoms with Gasteiger partial charge in [-0.15, -0.1) is 0 Å². The first-order chi connectivity index (χ1) is 16.7. The summed E-state index contributed by atoms with van der Waals surface area (Å²) in [4.78, 5) is 36.1. The summed E-state index contributed by atoms with van der Waals surface area (Å²) in [7, 11) is 3.08. The number of carbonyl (C=O) groups excluding carboxylic acids is 1. The lowest BCUT2D eigenvalue weighted by atomic mass is 9.95. The van der Waals surface area contributed by atoms with Crippen molar-refractivity contribution in [2.24, 2.45) is 17.5 Å². The second-order valence-electron chi connectivity index (χ2n) is 9.38. The van der Waals surface area contributed by atoms with Crippen molar-refractivity contribution in [3.05, 3.63) is 64.1 Å². The van der Waals surface area contributed by atoms with Gasteiger partial charge in [-0.05, 0) is 36.8 Å². The van der Waals surface area contributed by atoms with E-state index in [2.05, 4.69) is 10.3 Å². The number of aromatic nitrogens is 2. The molecule has 184 valence electrons. The zero-order chi connectivity index (χ0) is 24.9. The molecular formula is C24H25ClFN5O4. The number of nitrogens with one attached hydrogen (secondary N) is 1. The molecule has 0 amide bonds. The number of halogens is 2. The van der Waals surface area contributed by atoms with Gasteiger partial charge in [-0.1, -0.05) is 17.7 Å². The largest absolute Gasteiger partial charge is 0.480 e. The number of rotatable bonds is 6. The SMILES string of the molecule is COC(=O)C1=C(CN2CC3(CC3)C[C@H]2C(=O)O)NC(c2nccn2C)=N[C@H]1c1ccc(F)cc1Cl. The third kappa shape index (κ3) is 4.32. The van der Waals surface area contributed by atoms with Crippen LogP contribution >= 0.6 is 11.6 Å². The molecule has 1 aliphatic carbocycles. The van der Waals surface area contributed by atoms with Crippen molar-refractivity contribution >= 4 is 29.4 Å². The number of carboxylic acids is 1. The Bertz CT molecular complexity index is 1270. The fourth-order valence-electron chi connectivity index (χ4n) is 5.02. The molecule has 1 saturated carbocycles. The quantitative estimate of drug-likeness (QED) is 0.586. The van der Waals surface area contributed by atoms with Gasteiger partial charge >= 0.3 is 11.9 Å². The molecule has 0 radical (unpaired) electrons. The number of aliphatic carboxylic acids is 1. The van der Waals surface area contributed by atoms with Crippen LogP contribution in [0.4, 0.5) is 4.39 Å². The Morgan fingerprint density at radius 3 is 2.74 bits per heavy atom. The van der Waals surface area contributed by atoms with Gasteiger partial charge < -0.3 is 19.7 Å². The number of esters is 1. The molecule has 9 nitrogen and oxygen atoms in total. The Morgan fingerprint density at radius 2 is 2.14 bits per heavy atom. The van der Waals surface area contributed by atoms with E-state index in [1.54, 1.807) is 17.0 Å². The van der Waals surface area contributed by atoms with Crippen LogP contribution in [-0.2, 0) is 21.4 Å². The van der Waals surface area contributed by atoms with Crippen LogP contribution in [0.15, 0.2) is 46.9 Å². The van der Waals surface area contributed by atoms with Crippen LogP contribution in [-0.4, -0.2) is 63.6 Å². The minimum atomic E-state index is -0.903. The van der Waals surface area contributed by atoms with Gasteiger partial charge in [-0.3, -0.25) is 14.7 Å². The summed E-state index contributed by atoms with van der Waals surface area (Å²) < 4.78 is 20.7. The zero-order valence-corrected chi connectivity index (χ0v) is 20.0. The molecule has 2 fully saturated rings. The Hall–Kier alpha value is -3.24. The monoisotopic (exact) mass is 501 g/mol. The fourth-order valence-corrected chi connectivity index (χ4v) is 5.29. The number of methoxy groups -OCH3 is 1. The fraction of sp³-hybridized carbons (Fsp3) is 0.417. The first-order valence-electron chi connectivity index (χ1n) is 11.3. The van der Waals surface area contributed by atoms with E-state index in [1.807, 2.05) is 11.9 Å². The maximum absolute atomic E-state index is 13.8. The zero-order valence-electron chi connectivity index (χ0n) is 19.3. The number of carboxylic acid groups (broad SMARTS) is 1. The van der Waals surface area contributed by atoms with Crippen LogP contribution in [0.2, 0.25) is 5.02 Å². The lowest BCUT2D eigenvalue weighted by Crippen LogP contribution is -2.43. The number of likely N-dealkylation sites (tertiary alicyclic amines) is 1. The number of hydrogen-bond donors (Lipinski definition) is 2. The van der Waals surface area contributed by atoms with E-state index in [0.29, 0.717) is 35.9 Å². The second kappa shape index (κ2) is 8.76. The standard InChI is InChI=1S/C24H25ClFN5O4/c1-30-8-7-27-21(30)20-28-16(11-31-12-24(5-6-24)10-17(31)22(32)33)18(23(34)35-2)19(29-20)14-4-3-13(26)9-15(14)25/h3-4,7-9,17,19H,5-6,10-12H2,1-2H3,(H,28,29)(H,32,33)/t17-,19-/m0/s1. The average molecular weight is 502 g/mol. The van der Waals surface area contributed by atoms with Crippen molar-refractivity contribution in [1.29, 1.82) is 0 Å². The van der Waals surface area contributed by atoms with Gasteiger partial charge in [0.05, 0.1) is 12.7 Å². The van der Waals surface area contributed by atoms with Gasteiger partial charge in [-0.2, -0.15) is 0 Å². The third-order valence-electron chi connectivity index (χ3n) is 7.03. The minimum absolute atomic E-state index is 0.0277. The lowest BCUT2D eigenvalue weighted by Gasteiger charge is -2.31. The van der Waals surface area contributed by atoms with Gasteiger partial charge in [0.15, 0.2) is 11.7 Å². The Balaban J connectivity index is 1.62. The molecule has 1 aromatic carbocycles. The van der Waals surface area contributed by atoms with E-state index < -0.39 is 29.8 Å². The van der Waals surface area contributed by atoms with Gasteiger partial charge in [0.25, 0.3) is 0 Å². The van der Waals surface area contributed by atoms with E-state index in [9.17, 15) is 19.1 Å². The van der Waals surface area contributed by atoms with Crippen LogP contribution in [0.5, 0.6) is 0 Å². The minimum Gasteiger partial charge on any atom is -0.480 e. The Labute approximate surface area is 206 Å². The molecule has 3 aliphatic rings. The molecule has 2 N–H and O–H groups in total. The number of aliphatic imine (C=N–C) groups is 1. The van der Waals surface area contributed by atoms with Crippen molar-refractivity contribution in [2.75, 3.05) is 20.2 Å². The van der Waals surface area contributed by atoms with Gasteiger partial charge in [-0.25, -0.2) is 14.2 Å². The Kier molecular flexibility index (Phi) is 5.88. The molecule has 35 heavy (non-hydrogen) atoms. The molecule has 1 aromatic heterocycles. The summed E-state index contributed by atoms with van der Waals surface area (Å²) >= 11 is 6.39. The maximum Gasteiger partial charge on any atom is 0.338 e. The highest BCUT2D eigenvalue weighted by Gasteiger charge is 2.54. The van der Waals surface area contributed by atoms with E-state index in [4.69, 9.17) is 21.3 Å². The van der Waals surface area contributed by atoms with Gasteiger partial charge in [0.1, 0.15) is 17.9 Å². The van der Waals surface area contributed by atoms with Gasteiger partial charge in [0, 0.05) is 48.8 Å². The van der Waals surface area contributed by atoms with Gasteiger partial charge in [0.2, 0.25) is 0 Å². The number of benzene rings is 1. The Morgan fingerprint density at radius 1 is 1.37 bits per heavy atom. The predicted molar refractivity (Wildman–Crippen MR) is 125 cm³/mol. The number of aryl methyl sites for hydroxylation is 1. The second-order valence-corrected chi connectivity index (χ2v) is 9.79. The molecule has 11 heteroatoms. The number of hydrogen-bond acceptors (Lipinski definition) is 7. The van der Waals surface area contributed by atoms with E-state index >= 15 is 0 Å². The number of amidine groups is 1. The van der Waals surface area contributed by atoms with Crippen molar-refractivity contribution < 1.29 is 23.8 Å².